The molecule has 0 atom stereocenters. The van der Waals surface area contributed by atoms with Crippen molar-refractivity contribution in [2.45, 2.75) is 13.5 Å². The molecule has 0 aromatic heterocycles. The minimum atomic E-state index is -0.669. The number of thioether (sulfide) groups is 1. The van der Waals surface area contributed by atoms with E-state index in [4.69, 9.17) is 21.1 Å². The van der Waals surface area contributed by atoms with Gasteiger partial charge < -0.3 is 9.47 Å². The van der Waals surface area contributed by atoms with E-state index in [1.165, 1.54) is 30.3 Å². The predicted octanol–water partition coefficient (Wildman–Crippen LogP) is 6.87. The van der Waals surface area contributed by atoms with Gasteiger partial charge in [0.15, 0.2) is 11.5 Å². The second-order valence-electron chi connectivity index (χ2n) is 7.82. The van der Waals surface area contributed by atoms with Crippen LogP contribution in [0.3, 0.4) is 0 Å². The summed E-state index contributed by atoms with van der Waals surface area (Å²) in [4.78, 5) is 49.8. The molecule has 38 heavy (non-hydrogen) atoms. The number of rotatable bonds is 8. The summed E-state index contributed by atoms with van der Waals surface area (Å²) in [7, 11) is 0. The van der Waals surface area contributed by atoms with Gasteiger partial charge in [-0.15, -0.1) is 0 Å². The van der Waals surface area contributed by atoms with Crippen molar-refractivity contribution in [2.24, 2.45) is 0 Å². The Morgan fingerprint density at radius 3 is 2.53 bits per heavy atom. The van der Waals surface area contributed by atoms with Crippen LogP contribution in [0, 0.1) is 10.1 Å². The maximum atomic E-state index is 13.0. The SMILES string of the molecule is CCOc1cc(/C=C2\SC(=O)N(Cc3ccc([N+](=O)[O-])cc3)C2=O)cc(Br)c1OC(=O)c1ccccc1Cl. The molecule has 1 fully saturated rings. The minimum absolute atomic E-state index is 0.0230. The molecular formula is C26H18BrClN2O7S. The van der Waals surface area contributed by atoms with E-state index >= 15 is 0 Å². The Morgan fingerprint density at radius 1 is 1.16 bits per heavy atom. The molecule has 194 valence electrons. The van der Waals surface area contributed by atoms with Crippen LogP contribution >= 0.6 is 39.3 Å². The van der Waals surface area contributed by atoms with Gasteiger partial charge in [-0.25, -0.2) is 4.79 Å². The van der Waals surface area contributed by atoms with Crippen LogP contribution in [-0.2, 0) is 11.3 Å². The van der Waals surface area contributed by atoms with Gasteiger partial charge in [-0.05, 0) is 76.1 Å². The minimum Gasteiger partial charge on any atom is -0.490 e. The fourth-order valence-electron chi connectivity index (χ4n) is 3.50. The number of carbonyl (C=O) groups is 3. The molecule has 1 aliphatic rings. The molecule has 12 heteroatoms. The topological polar surface area (TPSA) is 116 Å². The molecule has 9 nitrogen and oxygen atoms in total. The third kappa shape index (κ3) is 6.07. The Bertz CT molecular complexity index is 1480. The monoisotopic (exact) mass is 616 g/mol. The summed E-state index contributed by atoms with van der Waals surface area (Å²) in [5.74, 6) is -0.780. The van der Waals surface area contributed by atoms with E-state index in [0.717, 1.165) is 16.7 Å². The quantitative estimate of drug-likeness (QED) is 0.0885. The normalized spacial score (nSPS) is 14.2. The van der Waals surface area contributed by atoms with Crippen LogP contribution in [-0.4, -0.2) is 33.5 Å². The largest absolute Gasteiger partial charge is 0.490 e. The first-order chi connectivity index (χ1) is 18.2. The number of hydrogen-bond acceptors (Lipinski definition) is 8. The van der Waals surface area contributed by atoms with E-state index in [2.05, 4.69) is 15.9 Å². The number of non-ortho nitro benzene ring substituents is 1. The van der Waals surface area contributed by atoms with E-state index in [1.54, 1.807) is 43.3 Å². The lowest BCUT2D eigenvalue weighted by atomic mass is 10.1. The standard InChI is InChI=1S/C26H18BrClN2O7S/c1-2-36-21-12-16(11-19(27)23(21)37-25(32)18-5-3-4-6-20(18)28)13-22-24(31)29(26(33)38-22)14-15-7-9-17(10-8-15)30(34)35/h3-13H,2,14H2,1H3/b22-13-. The van der Waals surface area contributed by atoms with E-state index in [9.17, 15) is 24.5 Å². The maximum absolute atomic E-state index is 13.0. The van der Waals surface area contributed by atoms with Gasteiger partial charge >= 0.3 is 5.97 Å². The summed E-state index contributed by atoms with van der Waals surface area (Å²) >= 11 is 10.3. The molecule has 3 aromatic rings. The van der Waals surface area contributed by atoms with Crippen LogP contribution in [0.4, 0.5) is 10.5 Å². The van der Waals surface area contributed by atoms with Gasteiger partial charge in [0.1, 0.15) is 0 Å². The van der Waals surface area contributed by atoms with Crippen LogP contribution in [0.15, 0.2) is 70.0 Å². The summed E-state index contributed by atoms with van der Waals surface area (Å²) in [5, 5.41) is 10.6. The van der Waals surface area contributed by atoms with E-state index in [-0.39, 0.29) is 45.8 Å². The average molecular weight is 618 g/mol. The molecule has 1 heterocycles. The second kappa shape index (κ2) is 11.8. The highest BCUT2D eigenvalue weighted by molar-refractivity contribution is 9.10. The molecule has 0 spiro atoms. The van der Waals surface area contributed by atoms with Crippen molar-refractivity contribution < 1.29 is 28.8 Å². The molecule has 1 saturated heterocycles. The summed E-state index contributed by atoms with van der Waals surface area (Å²) < 4.78 is 11.6. The number of nitro benzene ring substituents is 1. The Morgan fingerprint density at radius 2 is 1.87 bits per heavy atom. The lowest BCUT2D eigenvalue weighted by molar-refractivity contribution is -0.384. The summed E-state index contributed by atoms with van der Waals surface area (Å²) in [6.45, 7) is 2.02. The third-order valence-corrected chi connectivity index (χ3v) is 7.11. The molecule has 4 rings (SSSR count). The first kappa shape index (κ1) is 27.4. The number of imide groups is 1. The molecule has 0 N–H and O–H groups in total. The lowest BCUT2D eigenvalue weighted by Gasteiger charge is -2.14. The lowest BCUT2D eigenvalue weighted by Crippen LogP contribution is -2.27. The molecule has 2 amide bonds. The van der Waals surface area contributed by atoms with Crippen molar-refractivity contribution in [2.75, 3.05) is 6.61 Å². The maximum Gasteiger partial charge on any atom is 0.345 e. The molecular weight excluding hydrogens is 600 g/mol. The number of hydrogen-bond donors (Lipinski definition) is 0. The fraction of sp³-hybridized carbons (Fsp3) is 0.115. The van der Waals surface area contributed by atoms with E-state index < -0.39 is 22.0 Å². The van der Waals surface area contributed by atoms with Gasteiger partial charge in [-0.3, -0.25) is 24.6 Å². The molecule has 0 unspecified atom stereocenters. The first-order valence-corrected chi connectivity index (χ1v) is 13.1. The van der Waals surface area contributed by atoms with Crippen molar-refractivity contribution in [3.05, 3.63) is 102 Å². The van der Waals surface area contributed by atoms with Gasteiger partial charge in [-0.1, -0.05) is 35.9 Å². The zero-order valence-corrected chi connectivity index (χ0v) is 22.8. The molecule has 0 bridgehead atoms. The summed E-state index contributed by atoms with van der Waals surface area (Å²) in [6, 6.07) is 15.3. The van der Waals surface area contributed by atoms with Crippen molar-refractivity contribution in [1.29, 1.82) is 0 Å². The molecule has 0 radical (unpaired) electrons. The Labute approximate surface area is 234 Å². The number of ether oxygens (including phenoxy) is 2. The Kier molecular flexibility index (Phi) is 8.50. The summed E-state index contributed by atoms with van der Waals surface area (Å²) in [6.07, 6.45) is 1.54. The Hall–Kier alpha value is -3.67. The predicted molar refractivity (Wildman–Crippen MR) is 146 cm³/mol. The van der Waals surface area contributed by atoms with Crippen molar-refractivity contribution in [1.82, 2.24) is 4.90 Å². The number of nitro groups is 1. The van der Waals surface area contributed by atoms with Crippen LogP contribution in [0.2, 0.25) is 5.02 Å². The van der Waals surface area contributed by atoms with Crippen molar-refractivity contribution in [3.8, 4) is 11.5 Å². The van der Waals surface area contributed by atoms with E-state index in [1.807, 2.05) is 0 Å². The molecule has 1 aliphatic heterocycles. The van der Waals surface area contributed by atoms with Crippen molar-refractivity contribution >= 4 is 68.2 Å². The number of benzene rings is 3. The number of esters is 1. The summed E-state index contributed by atoms with van der Waals surface area (Å²) in [5.41, 5.74) is 1.21. The van der Waals surface area contributed by atoms with Gasteiger partial charge in [0.25, 0.3) is 16.8 Å². The zero-order valence-electron chi connectivity index (χ0n) is 19.7. The highest BCUT2D eigenvalue weighted by Crippen LogP contribution is 2.40. The van der Waals surface area contributed by atoms with Gasteiger partial charge in [0.05, 0.1) is 38.0 Å². The van der Waals surface area contributed by atoms with Gasteiger partial charge in [0, 0.05) is 12.1 Å². The second-order valence-corrected chi connectivity index (χ2v) is 10.1. The zero-order chi connectivity index (χ0) is 27.4. The van der Waals surface area contributed by atoms with Gasteiger partial charge in [-0.2, -0.15) is 0 Å². The molecule has 3 aromatic carbocycles. The third-order valence-electron chi connectivity index (χ3n) is 5.28. The highest BCUT2D eigenvalue weighted by Gasteiger charge is 2.35. The van der Waals surface area contributed by atoms with Crippen LogP contribution in [0.25, 0.3) is 6.08 Å². The molecule has 0 saturated carbocycles. The van der Waals surface area contributed by atoms with E-state index in [0.29, 0.717) is 15.6 Å². The fourth-order valence-corrected chi connectivity index (χ4v) is 5.09. The number of halogens is 2. The van der Waals surface area contributed by atoms with Crippen LogP contribution in [0.5, 0.6) is 11.5 Å². The Balaban J connectivity index is 1.57. The van der Waals surface area contributed by atoms with Crippen molar-refractivity contribution in [3.63, 3.8) is 0 Å². The smallest absolute Gasteiger partial charge is 0.345 e. The van der Waals surface area contributed by atoms with Crippen LogP contribution in [0.1, 0.15) is 28.4 Å². The number of nitrogens with zero attached hydrogens (tertiary/aromatic N) is 2. The number of amides is 2. The first-order valence-electron chi connectivity index (χ1n) is 11.1. The van der Waals surface area contributed by atoms with Gasteiger partial charge in [0.2, 0.25) is 0 Å². The highest BCUT2D eigenvalue weighted by atomic mass is 79.9. The van der Waals surface area contributed by atoms with Crippen LogP contribution < -0.4 is 9.47 Å². The average Bonchev–Trinajstić information content (AvgIpc) is 3.14. The molecule has 0 aliphatic carbocycles. The number of carbonyl (C=O) groups excluding carboxylic acids is 3.